The number of nitrogens with zero attached hydrogens (tertiary/aromatic N) is 3. The molecule has 3 aromatic rings. The summed E-state index contributed by atoms with van der Waals surface area (Å²) in [6, 6.07) is 9.09. The maximum Gasteiger partial charge on any atom is 0.161 e. The molecule has 1 unspecified atom stereocenters. The van der Waals surface area contributed by atoms with E-state index in [2.05, 4.69) is 72.5 Å². The van der Waals surface area contributed by atoms with Gasteiger partial charge in [0.25, 0.3) is 0 Å². The largest absolute Gasteiger partial charge is 0.373 e. The first-order valence-electron chi connectivity index (χ1n) is 10.1. The lowest BCUT2D eigenvalue weighted by Crippen LogP contribution is -2.23. The molecule has 0 spiro atoms. The predicted molar refractivity (Wildman–Crippen MR) is 117 cm³/mol. The number of benzene rings is 1. The summed E-state index contributed by atoms with van der Waals surface area (Å²) < 4.78 is 9.26. The van der Waals surface area contributed by atoms with Crippen LogP contribution in [0.3, 0.4) is 0 Å². The van der Waals surface area contributed by atoms with Crippen molar-refractivity contribution in [3.8, 4) is 0 Å². The number of rotatable bonds is 4. The van der Waals surface area contributed by atoms with Crippen molar-refractivity contribution in [1.29, 1.82) is 0 Å². The third kappa shape index (κ3) is 3.18. The number of fused-ring (bicyclic) bond motifs is 2. The first-order chi connectivity index (χ1) is 13.4. The van der Waals surface area contributed by atoms with E-state index in [-0.39, 0.29) is 6.04 Å². The lowest BCUT2D eigenvalue weighted by Gasteiger charge is -2.29. The van der Waals surface area contributed by atoms with Crippen molar-refractivity contribution >= 4 is 27.1 Å². The Morgan fingerprint density at radius 1 is 1.25 bits per heavy atom. The molecule has 28 heavy (non-hydrogen) atoms. The van der Waals surface area contributed by atoms with Gasteiger partial charge in [-0.2, -0.15) is 0 Å². The predicted octanol–water partition coefficient (Wildman–Crippen LogP) is 5.87. The number of halogens is 1. The Morgan fingerprint density at radius 3 is 2.75 bits per heavy atom. The summed E-state index contributed by atoms with van der Waals surface area (Å²) in [5.41, 5.74) is 6.50. The van der Waals surface area contributed by atoms with Gasteiger partial charge in [0.1, 0.15) is 16.9 Å². The van der Waals surface area contributed by atoms with E-state index in [1.165, 1.54) is 17.5 Å². The van der Waals surface area contributed by atoms with E-state index in [0.717, 1.165) is 52.0 Å². The molecule has 2 aromatic heterocycles. The molecule has 1 atom stereocenters. The third-order valence-electron chi connectivity index (χ3n) is 6.05. The number of pyridine rings is 1. The maximum atomic E-state index is 5.72. The average molecular weight is 442 g/mol. The Bertz CT molecular complexity index is 1040. The second-order valence-electron chi connectivity index (χ2n) is 8.21. The highest BCUT2D eigenvalue weighted by molar-refractivity contribution is 9.10. The van der Waals surface area contributed by atoms with Gasteiger partial charge in [0.2, 0.25) is 0 Å². The van der Waals surface area contributed by atoms with Gasteiger partial charge in [0, 0.05) is 18.0 Å². The normalized spacial score (nSPS) is 17.1. The Morgan fingerprint density at radius 2 is 2.04 bits per heavy atom. The average Bonchev–Trinajstić information content (AvgIpc) is 3.06. The van der Waals surface area contributed by atoms with E-state index in [1.54, 1.807) is 7.11 Å². The number of aromatic nitrogens is 3. The van der Waals surface area contributed by atoms with Gasteiger partial charge in [-0.1, -0.05) is 28.9 Å². The zero-order valence-corrected chi connectivity index (χ0v) is 18.9. The van der Waals surface area contributed by atoms with Crippen molar-refractivity contribution in [2.75, 3.05) is 7.11 Å². The molecule has 4 nitrogen and oxygen atoms in total. The van der Waals surface area contributed by atoms with E-state index in [9.17, 15) is 0 Å². The smallest absolute Gasteiger partial charge is 0.161 e. The molecule has 0 bridgehead atoms. The molecule has 0 aliphatic heterocycles. The van der Waals surface area contributed by atoms with Crippen LogP contribution in [0.4, 0.5) is 0 Å². The van der Waals surface area contributed by atoms with E-state index in [4.69, 9.17) is 14.7 Å². The van der Waals surface area contributed by atoms with Crippen LogP contribution in [0.1, 0.15) is 67.9 Å². The first-order valence-corrected chi connectivity index (χ1v) is 10.9. The molecular weight excluding hydrogens is 414 g/mol. The Hall–Kier alpha value is -1.72. The van der Waals surface area contributed by atoms with Gasteiger partial charge in [0.15, 0.2) is 5.65 Å². The van der Waals surface area contributed by atoms with Crippen LogP contribution in [-0.4, -0.2) is 21.6 Å². The highest BCUT2D eigenvalue weighted by Gasteiger charge is 2.29. The minimum absolute atomic E-state index is 0.282. The Kier molecular flexibility index (Phi) is 5.09. The molecule has 5 heteroatoms. The van der Waals surface area contributed by atoms with E-state index in [0.29, 0.717) is 0 Å². The fourth-order valence-electron chi connectivity index (χ4n) is 4.28. The van der Waals surface area contributed by atoms with Crippen LogP contribution < -0.4 is 0 Å². The Balaban J connectivity index is 1.97. The molecule has 0 amide bonds. The lowest BCUT2D eigenvalue weighted by atomic mass is 9.87. The van der Waals surface area contributed by atoms with Crippen molar-refractivity contribution < 1.29 is 4.74 Å². The lowest BCUT2D eigenvalue weighted by molar-refractivity contribution is 0.0156. The third-order valence-corrected chi connectivity index (χ3v) is 6.55. The highest BCUT2D eigenvalue weighted by Crippen LogP contribution is 2.38. The summed E-state index contributed by atoms with van der Waals surface area (Å²) in [5.74, 6) is 1.11. The van der Waals surface area contributed by atoms with Crippen molar-refractivity contribution in [2.45, 2.75) is 65.0 Å². The minimum atomic E-state index is -0.435. The van der Waals surface area contributed by atoms with Crippen LogP contribution in [0.15, 0.2) is 28.7 Å². The van der Waals surface area contributed by atoms with Gasteiger partial charge >= 0.3 is 0 Å². The topological polar surface area (TPSA) is 39.9 Å². The van der Waals surface area contributed by atoms with Crippen molar-refractivity contribution in [3.63, 3.8) is 0 Å². The summed E-state index contributed by atoms with van der Waals surface area (Å²) in [7, 11) is 1.74. The van der Waals surface area contributed by atoms with Crippen molar-refractivity contribution in [1.82, 2.24) is 14.5 Å². The molecule has 1 aromatic carbocycles. The monoisotopic (exact) mass is 441 g/mol. The summed E-state index contributed by atoms with van der Waals surface area (Å²) in [5, 5.41) is 0. The fraction of sp³-hybridized carbons (Fsp3) is 0.478. The summed E-state index contributed by atoms with van der Waals surface area (Å²) >= 11 is 3.63. The van der Waals surface area contributed by atoms with Gasteiger partial charge in [-0.25, -0.2) is 9.97 Å². The Labute approximate surface area is 175 Å². The molecule has 1 aliphatic carbocycles. The van der Waals surface area contributed by atoms with Crippen LogP contribution >= 0.6 is 15.9 Å². The van der Waals surface area contributed by atoms with Gasteiger partial charge in [-0.15, -0.1) is 0 Å². The second-order valence-corrected chi connectivity index (χ2v) is 9.13. The molecule has 0 N–H and O–H groups in total. The molecule has 148 valence electrons. The number of methoxy groups -OCH3 is 1. The first kappa shape index (κ1) is 19.6. The number of hydrogen-bond acceptors (Lipinski definition) is 3. The zero-order valence-electron chi connectivity index (χ0n) is 17.3. The number of imidazole rings is 1. The SMILES string of the molecule is CCc1nc2c(C)cc(C(C)(C)OC)nc2n1C1CCCc2cc(Br)ccc21. The molecule has 1 aliphatic rings. The molecule has 0 saturated carbocycles. The summed E-state index contributed by atoms with van der Waals surface area (Å²) in [6.07, 6.45) is 4.32. The molecule has 2 heterocycles. The van der Waals surface area contributed by atoms with Crippen LogP contribution in [0.2, 0.25) is 0 Å². The molecular formula is C23H28BrN3O. The summed E-state index contributed by atoms with van der Waals surface area (Å²) in [6.45, 7) is 8.44. The van der Waals surface area contributed by atoms with Crippen LogP contribution in [-0.2, 0) is 23.2 Å². The van der Waals surface area contributed by atoms with Crippen LogP contribution in [0.5, 0.6) is 0 Å². The van der Waals surface area contributed by atoms with Gasteiger partial charge in [0.05, 0.1) is 11.7 Å². The molecule has 0 fully saturated rings. The maximum absolute atomic E-state index is 5.72. The van der Waals surface area contributed by atoms with Gasteiger partial charge in [-0.05, 0) is 74.9 Å². The van der Waals surface area contributed by atoms with E-state index >= 15 is 0 Å². The number of aryl methyl sites for hydroxylation is 3. The number of ether oxygens (including phenoxy) is 1. The quantitative estimate of drug-likeness (QED) is 0.507. The van der Waals surface area contributed by atoms with Crippen molar-refractivity contribution in [3.05, 3.63) is 56.9 Å². The van der Waals surface area contributed by atoms with E-state index in [1.807, 2.05) is 0 Å². The van der Waals surface area contributed by atoms with E-state index < -0.39 is 5.60 Å². The summed E-state index contributed by atoms with van der Waals surface area (Å²) in [4.78, 5) is 10.1. The van der Waals surface area contributed by atoms with Crippen LogP contribution in [0, 0.1) is 6.92 Å². The molecule has 0 saturated heterocycles. The highest BCUT2D eigenvalue weighted by atomic mass is 79.9. The minimum Gasteiger partial charge on any atom is -0.373 e. The molecule has 0 radical (unpaired) electrons. The zero-order chi connectivity index (χ0) is 20.1. The number of hydrogen-bond donors (Lipinski definition) is 0. The van der Waals surface area contributed by atoms with Crippen molar-refractivity contribution in [2.24, 2.45) is 0 Å². The second kappa shape index (κ2) is 7.27. The van der Waals surface area contributed by atoms with Gasteiger partial charge < -0.3 is 9.30 Å². The fourth-order valence-corrected chi connectivity index (χ4v) is 4.68. The van der Waals surface area contributed by atoms with Gasteiger partial charge in [-0.3, -0.25) is 0 Å². The molecule has 4 rings (SSSR count). The standard InChI is InChI=1S/C23H28BrN3O/c1-6-20-26-21-14(2)12-19(23(3,4)28-5)25-22(21)27(20)18-9-7-8-15-13-16(24)10-11-17(15)18/h10-13,18H,6-9H2,1-5H3. The van der Waals surface area contributed by atoms with Crippen LogP contribution in [0.25, 0.3) is 11.2 Å².